The van der Waals surface area contributed by atoms with Crippen LogP contribution < -0.4 is 15.4 Å². The summed E-state index contributed by atoms with van der Waals surface area (Å²) in [4.78, 5) is 4.50. The molecular weight excluding hydrogens is 214 g/mol. The maximum absolute atomic E-state index is 6.05. The van der Waals surface area contributed by atoms with E-state index in [1.165, 1.54) is 0 Å². The molecule has 0 amide bonds. The first-order valence-electron chi connectivity index (χ1n) is 6.02. The van der Waals surface area contributed by atoms with Crippen LogP contribution >= 0.6 is 0 Å². The number of hydrogen-bond donors (Lipinski definition) is 1. The van der Waals surface area contributed by atoms with E-state index in [-0.39, 0.29) is 6.10 Å². The number of fused-ring (bicyclic) bond motifs is 1. The highest BCUT2D eigenvalue weighted by Gasteiger charge is 2.24. The van der Waals surface area contributed by atoms with Crippen LogP contribution in [0.3, 0.4) is 0 Å². The molecule has 2 rings (SSSR count). The minimum absolute atomic E-state index is 0.214. The van der Waals surface area contributed by atoms with Crippen molar-refractivity contribution in [1.82, 2.24) is 4.90 Å². The molecule has 0 radical (unpaired) electrons. The number of likely N-dealkylation sites (N-methyl/N-ethyl adjacent to an activating group) is 1. The van der Waals surface area contributed by atoms with Crippen LogP contribution in [0, 0.1) is 0 Å². The first-order chi connectivity index (χ1) is 8.08. The van der Waals surface area contributed by atoms with Gasteiger partial charge in [-0.1, -0.05) is 6.07 Å². The van der Waals surface area contributed by atoms with Crippen LogP contribution in [0.25, 0.3) is 0 Å². The number of nitrogens with two attached hydrogens (primary N) is 1. The summed E-state index contributed by atoms with van der Waals surface area (Å²) in [5, 5.41) is 0. The average molecular weight is 235 g/mol. The summed E-state index contributed by atoms with van der Waals surface area (Å²) in [5.41, 5.74) is 7.90. The average Bonchev–Trinajstić information content (AvgIpc) is 2.25. The van der Waals surface area contributed by atoms with E-state index < -0.39 is 0 Å². The maximum atomic E-state index is 6.05. The van der Waals surface area contributed by atoms with Crippen LogP contribution in [0.15, 0.2) is 18.2 Å². The highest BCUT2D eigenvalue weighted by molar-refractivity contribution is 5.75. The van der Waals surface area contributed by atoms with Crippen LogP contribution in [0.4, 0.5) is 11.4 Å². The lowest BCUT2D eigenvalue weighted by atomic mass is 10.1. The standard InChI is InChI=1S/C13H21N3O/c1-10-9-16(8-7-15(2)3)13-11(14)5-4-6-12(13)17-10/h4-6,10H,7-9,14H2,1-3H3. The summed E-state index contributed by atoms with van der Waals surface area (Å²) in [7, 11) is 4.16. The smallest absolute Gasteiger partial charge is 0.145 e. The van der Waals surface area contributed by atoms with Crippen molar-refractivity contribution >= 4 is 11.4 Å². The highest BCUT2D eigenvalue weighted by atomic mass is 16.5. The molecule has 1 heterocycles. The summed E-state index contributed by atoms with van der Waals surface area (Å²) < 4.78 is 5.81. The number of nitrogens with zero attached hydrogens (tertiary/aromatic N) is 2. The Kier molecular flexibility index (Phi) is 3.43. The van der Waals surface area contributed by atoms with E-state index >= 15 is 0 Å². The minimum atomic E-state index is 0.214. The van der Waals surface area contributed by atoms with Crippen LogP contribution in [0.1, 0.15) is 6.92 Å². The molecule has 2 N–H and O–H groups in total. The van der Waals surface area contributed by atoms with Gasteiger partial charge in [0.2, 0.25) is 0 Å². The van der Waals surface area contributed by atoms with Gasteiger partial charge in [0.15, 0.2) is 0 Å². The molecule has 0 saturated heterocycles. The Hall–Kier alpha value is -1.42. The third kappa shape index (κ3) is 2.64. The Labute approximate surface area is 103 Å². The van der Waals surface area contributed by atoms with Gasteiger partial charge in [0, 0.05) is 13.1 Å². The van der Waals surface area contributed by atoms with E-state index in [0.29, 0.717) is 0 Å². The summed E-state index contributed by atoms with van der Waals surface area (Å²) in [6.45, 7) is 4.98. The van der Waals surface area contributed by atoms with Crippen molar-refractivity contribution in [2.75, 3.05) is 44.4 Å². The van der Waals surface area contributed by atoms with Crippen molar-refractivity contribution in [2.24, 2.45) is 0 Å². The lowest BCUT2D eigenvalue weighted by molar-refractivity contribution is 0.211. The molecule has 4 nitrogen and oxygen atoms in total. The predicted octanol–water partition coefficient (Wildman–Crippen LogP) is 1.42. The molecule has 4 heteroatoms. The molecule has 1 aromatic carbocycles. The lowest BCUT2D eigenvalue weighted by Crippen LogP contribution is -2.42. The summed E-state index contributed by atoms with van der Waals surface area (Å²) in [5.74, 6) is 0.905. The first kappa shape index (κ1) is 12.0. The zero-order valence-electron chi connectivity index (χ0n) is 10.8. The molecule has 1 aliphatic heterocycles. The van der Waals surface area contributed by atoms with E-state index in [4.69, 9.17) is 10.5 Å². The molecule has 94 valence electrons. The van der Waals surface area contributed by atoms with Gasteiger partial charge in [-0.2, -0.15) is 0 Å². The van der Waals surface area contributed by atoms with E-state index in [1.54, 1.807) is 0 Å². The fourth-order valence-corrected chi connectivity index (χ4v) is 2.15. The summed E-state index contributed by atoms with van der Waals surface area (Å²) in [6.07, 6.45) is 0.214. The molecule has 0 aliphatic carbocycles. The van der Waals surface area contributed by atoms with Crippen LogP contribution in [-0.4, -0.2) is 44.7 Å². The van der Waals surface area contributed by atoms with Gasteiger partial charge in [0.1, 0.15) is 17.5 Å². The number of hydrogen-bond acceptors (Lipinski definition) is 4. The second kappa shape index (κ2) is 4.84. The second-order valence-corrected chi connectivity index (χ2v) is 4.87. The molecule has 0 spiro atoms. The zero-order chi connectivity index (χ0) is 12.4. The van der Waals surface area contributed by atoms with Crippen molar-refractivity contribution in [3.05, 3.63) is 18.2 Å². The molecule has 17 heavy (non-hydrogen) atoms. The van der Waals surface area contributed by atoms with Crippen molar-refractivity contribution in [3.63, 3.8) is 0 Å². The SMILES string of the molecule is CC1CN(CCN(C)C)c2c(N)cccc2O1. The van der Waals surface area contributed by atoms with Crippen molar-refractivity contribution in [3.8, 4) is 5.75 Å². The normalized spacial score (nSPS) is 19.1. The predicted molar refractivity (Wildman–Crippen MR) is 71.7 cm³/mol. The van der Waals surface area contributed by atoms with E-state index in [0.717, 1.165) is 36.8 Å². The quantitative estimate of drug-likeness (QED) is 0.805. The molecule has 0 saturated carbocycles. The van der Waals surface area contributed by atoms with Gasteiger partial charge in [0.25, 0.3) is 0 Å². The summed E-state index contributed by atoms with van der Waals surface area (Å²) >= 11 is 0. The largest absolute Gasteiger partial charge is 0.487 e. The Morgan fingerprint density at radius 2 is 2.24 bits per heavy atom. The monoisotopic (exact) mass is 235 g/mol. The Balaban J connectivity index is 2.23. The maximum Gasteiger partial charge on any atom is 0.145 e. The number of nitrogen functional groups attached to an aromatic ring is 1. The number of rotatable bonds is 3. The van der Waals surface area contributed by atoms with E-state index in [9.17, 15) is 0 Å². The second-order valence-electron chi connectivity index (χ2n) is 4.87. The zero-order valence-corrected chi connectivity index (χ0v) is 10.8. The van der Waals surface area contributed by atoms with Crippen LogP contribution in [0.5, 0.6) is 5.75 Å². The molecule has 1 unspecified atom stereocenters. The van der Waals surface area contributed by atoms with Gasteiger partial charge in [-0.05, 0) is 33.2 Å². The molecule has 1 aromatic rings. The number of ether oxygens (including phenoxy) is 1. The van der Waals surface area contributed by atoms with Gasteiger partial charge < -0.3 is 20.3 Å². The van der Waals surface area contributed by atoms with Crippen LogP contribution in [0.2, 0.25) is 0 Å². The van der Waals surface area contributed by atoms with Gasteiger partial charge >= 0.3 is 0 Å². The van der Waals surface area contributed by atoms with Crippen LogP contribution in [-0.2, 0) is 0 Å². The molecule has 0 aromatic heterocycles. The molecule has 1 atom stereocenters. The highest BCUT2D eigenvalue weighted by Crippen LogP contribution is 2.37. The molecule has 1 aliphatic rings. The fourth-order valence-electron chi connectivity index (χ4n) is 2.15. The van der Waals surface area contributed by atoms with Gasteiger partial charge in [-0.15, -0.1) is 0 Å². The topological polar surface area (TPSA) is 41.7 Å². The lowest BCUT2D eigenvalue weighted by Gasteiger charge is -2.36. The van der Waals surface area contributed by atoms with Gasteiger partial charge in [0.05, 0.1) is 12.2 Å². The van der Waals surface area contributed by atoms with E-state index in [2.05, 4.69) is 30.8 Å². The Bertz CT molecular complexity index is 392. The van der Waals surface area contributed by atoms with Crippen molar-refractivity contribution < 1.29 is 4.74 Å². The Morgan fingerprint density at radius 1 is 1.47 bits per heavy atom. The van der Waals surface area contributed by atoms with Gasteiger partial charge in [-0.3, -0.25) is 0 Å². The first-order valence-corrected chi connectivity index (χ1v) is 6.02. The molecule has 0 fully saturated rings. The molecule has 0 bridgehead atoms. The third-order valence-corrected chi connectivity index (χ3v) is 2.97. The number of anilines is 2. The molecular formula is C13H21N3O. The van der Waals surface area contributed by atoms with Gasteiger partial charge in [-0.25, -0.2) is 0 Å². The number of para-hydroxylation sites is 1. The summed E-state index contributed by atoms with van der Waals surface area (Å²) in [6, 6.07) is 5.86. The fraction of sp³-hybridized carbons (Fsp3) is 0.538. The van der Waals surface area contributed by atoms with E-state index in [1.807, 2.05) is 18.2 Å². The minimum Gasteiger partial charge on any atom is -0.487 e. The van der Waals surface area contributed by atoms with Crippen molar-refractivity contribution in [1.29, 1.82) is 0 Å². The van der Waals surface area contributed by atoms with Crippen molar-refractivity contribution in [2.45, 2.75) is 13.0 Å². The Morgan fingerprint density at radius 3 is 2.94 bits per heavy atom. The number of benzene rings is 1. The third-order valence-electron chi connectivity index (χ3n) is 2.97.